The fourth-order valence-corrected chi connectivity index (χ4v) is 2.94. The van der Waals surface area contributed by atoms with Crippen LogP contribution in [0, 0.1) is 11.2 Å². The van der Waals surface area contributed by atoms with E-state index in [4.69, 9.17) is 10.5 Å². The third-order valence-electron chi connectivity index (χ3n) is 4.18. The van der Waals surface area contributed by atoms with Crippen LogP contribution in [0.15, 0.2) is 24.3 Å². The Morgan fingerprint density at radius 3 is 2.65 bits per heavy atom. The summed E-state index contributed by atoms with van der Waals surface area (Å²) in [4.78, 5) is 12.4. The number of halogens is 1. The van der Waals surface area contributed by atoms with E-state index in [1.54, 1.807) is 25.1 Å². The van der Waals surface area contributed by atoms with Gasteiger partial charge in [0.2, 0.25) is 0 Å². The van der Waals surface area contributed by atoms with Crippen molar-refractivity contribution in [3.05, 3.63) is 35.6 Å². The number of nitrogens with two attached hydrogens (primary N) is 1. The van der Waals surface area contributed by atoms with Crippen LogP contribution in [0.5, 0.6) is 0 Å². The van der Waals surface area contributed by atoms with E-state index in [0.717, 1.165) is 12.8 Å². The minimum absolute atomic E-state index is 0.137. The Hall–Kier alpha value is -1.42. The van der Waals surface area contributed by atoms with Crippen molar-refractivity contribution in [2.24, 2.45) is 11.1 Å². The van der Waals surface area contributed by atoms with E-state index in [2.05, 4.69) is 0 Å². The summed E-state index contributed by atoms with van der Waals surface area (Å²) >= 11 is 0. The predicted molar refractivity (Wildman–Crippen MR) is 75.6 cm³/mol. The average molecular weight is 279 g/mol. The summed E-state index contributed by atoms with van der Waals surface area (Å²) in [6.07, 6.45) is 3.30. The molecule has 0 atom stereocenters. The molecule has 1 fully saturated rings. The molecule has 1 saturated carbocycles. The number of esters is 1. The first-order valence-electron chi connectivity index (χ1n) is 7.23. The Bertz CT molecular complexity index is 467. The molecule has 20 heavy (non-hydrogen) atoms. The van der Waals surface area contributed by atoms with Gasteiger partial charge in [-0.1, -0.05) is 18.2 Å². The van der Waals surface area contributed by atoms with Crippen LogP contribution in [0.4, 0.5) is 4.39 Å². The molecule has 0 heterocycles. The molecule has 3 nitrogen and oxygen atoms in total. The molecule has 0 aromatic heterocycles. The van der Waals surface area contributed by atoms with Gasteiger partial charge in [0.1, 0.15) is 5.82 Å². The van der Waals surface area contributed by atoms with E-state index >= 15 is 0 Å². The first-order chi connectivity index (χ1) is 9.57. The van der Waals surface area contributed by atoms with Gasteiger partial charge in [0.15, 0.2) is 0 Å². The highest BCUT2D eigenvalue weighted by molar-refractivity contribution is 5.77. The summed E-state index contributed by atoms with van der Waals surface area (Å²) in [6.45, 7) is 2.15. The summed E-state index contributed by atoms with van der Waals surface area (Å²) in [5.74, 6) is -0.471. The van der Waals surface area contributed by atoms with Crippen molar-refractivity contribution >= 4 is 5.97 Å². The van der Waals surface area contributed by atoms with Crippen molar-refractivity contribution in [2.45, 2.75) is 45.1 Å². The highest BCUT2D eigenvalue weighted by Crippen LogP contribution is 2.40. The summed E-state index contributed by atoms with van der Waals surface area (Å²) in [5, 5.41) is 0. The summed E-state index contributed by atoms with van der Waals surface area (Å²) < 4.78 is 19.1. The highest BCUT2D eigenvalue weighted by atomic mass is 19.1. The molecule has 0 spiro atoms. The molecule has 0 amide bonds. The number of hydrogen-bond donors (Lipinski definition) is 1. The molecule has 1 aliphatic rings. The maximum absolute atomic E-state index is 13.9. The molecule has 4 heteroatoms. The second-order valence-corrected chi connectivity index (χ2v) is 5.61. The first kappa shape index (κ1) is 15.0. The lowest BCUT2D eigenvalue weighted by Crippen LogP contribution is -2.42. The zero-order valence-corrected chi connectivity index (χ0v) is 11.9. The molecule has 2 N–H and O–H groups in total. The molecule has 0 aliphatic heterocycles. The Balaban J connectivity index is 2.23. The van der Waals surface area contributed by atoms with Gasteiger partial charge >= 0.3 is 5.97 Å². The van der Waals surface area contributed by atoms with Crippen LogP contribution in [0.1, 0.15) is 38.2 Å². The average Bonchev–Trinajstić information content (AvgIpc) is 2.44. The molecule has 1 aromatic carbocycles. The summed E-state index contributed by atoms with van der Waals surface area (Å²) in [7, 11) is 0. The lowest BCUT2D eigenvalue weighted by atomic mass is 9.69. The van der Waals surface area contributed by atoms with Crippen molar-refractivity contribution in [2.75, 3.05) is 6.61 Å². The zero-order chi connectivity index (χ0) is 14.6. The number of carbonyl (C=O) groups is 1. The second-order valence-electron chi connectivity index (χ2n) is 5.61. The van der Waals surface area contributed by atoms with Crippen LogP contribution in [0.25, 0.3) is 0 Å². The number of rotatable bonds is 4. The third-order valence-corrected chi connectivity index (χ3v) is 4.18. The van der Waals surface area contributed by atoms with Crippen LogP contribution < -0.4 is 5.73 Å². The maximum atomic E-state index is 13.9. The molecule has 1 aliphatic carbocycles. The molecule has 1 aromatic rings. The van der Waals surface area contributed by atoms with Gasteiger partial charge in [0, 0.05) is 6.04 Å². The lowest BCUT2D eigenvalue weighted by Gasteiger charge is -2.37. The number of carbonyl (C=O) groups excluding carboxylic acids is 1. The van der Waals surface area contributed by atoms with Gasteiger partial charge in [-0.25, -0.2) is 4.39 Å². The Kier molecular flexibility index (Phi) is 4.76. The molecular weight excluding hydrogens is 257 g/mol. The summed E-state index contributed by atoms with van der Waals surface area (Å²) in [5.41, 5.74) is 5.89. The van der Waals surface area contributed by atoms with Crippen molar-refractivity contribution in [3.63, 3.8) is 0 Å². The van der Waals surface area contributed by atoms with Crippen LogP contribution in [0.2, 0.25) is 0 Å². The minimum Gasteiger partial charge on any atom is -0.466 e. The van der Waals surface area contributed by atoms with E-state index < -0.39 is 5.41 Å². The molecular formula is C16H22FNO2. The van der Waals surface area contributed by atoms with Crippen LogP contribution >= 0.6 is 0 Å². The third kappa shape index (κ3) is 3.18. The van der Waals surface area contributed by atoms with E-state index in [1.807, 2.05) is 0 Å². The quantitative estimate of drug-likeness (QED) is 0.862. The normalized spacial score (nSPS) is 26.2. The van der Waals surface area contributed by atoms with Gasteiger partial charge in [-0.3, -0.25) is 4.79 Å². The largest absolute Gasteiger partial charge is 0.466 e. The maximum Gasteiger partial charge on any atom is 0.312 e. The predicted octanol–water partition coefficient (Wildman–Crippen LogP) is 2.82. The van der Waals surface area contributed by atoms with Crippen LogP contribution in [-0.4, -0.2) is 18.6 Å². The van der Waals surface area contributed by atoms with Crippen molar-refractivity contribution in [1.29, 1.82) is 0 Å². The monoisotopic (exact) mass is 279 g/mol. The highest BCUT2D eigenvalue weighted by Gasteiger charge is 2.42. The molecule has 0 radical (unpaired) electrons. The van der Waals surface area contributed by atoms with E-state index in [9.17, 15) is 9.18 Å². The van der Waals surface area contributed by atoms with E-state index in [0.29, 0.717) is 31.4 Å². The Morgan fingerprint density at radius 1 is 1.40 bits per heavy atom. The number of benzene rings is 1. The fraction of sp³-hybridized carbons (Fsp3) is 0.562. The van der Waals surface area contributed by atoms with Gasteiger partial charge < -0.3 is 10.5 Å². The zero-order valence-electron chi connectivity index (χ0n) is 11.9. The van der Waals surface area contributed by atoms with Crippen molar-refractivity contribution in [3.8, 4) is 0 Å². The molecule has 0 bridgehead atoms. The van der Waals surface area contributed by atoms with E-state index in [-0.39, 0.29) is 17.8 Å². The SMILES string of the molecule is CCOC(=O)C1(Cc2ccccc2F)CCC(N)CC1. The van der Waals surface area contributed by atoms with Gasteiger partial charge in [0.25, 0.3) is 0 Å². The standard InChI is InChI=1S/C16H22FNO2/c1-2-20-15(19)16(9-7-13(18)8-10-16)11-12-5-3-4-6-14(12)17/h3-6,13H,2,7-11,18H2,1H3. The summed E-state index contributed by atoms with van der Waals surface area (Å²) in [6, 6.07) is 6.77. The molecule has 0 saturated heterocycles. The molecule has 110 valence electrons. The van der Waals surface area contributed by atoms with Crippen molar-refractivity contribution in [1.82, 2.24) is 0 Å². The van der Waals surface area contributed by atoms with E-state index in [1.165, 1.54) is 6.07 Å². The first-order valence-corrected chi connectivity index (χ1v) is 7.23. The number of ether oxygens (including phenoxy) is 1. The van der Waals surface area contributed by atoms with Gasteiger partial charge in [-0.15, -0.1) is 0 Å². The topological polar surface area (TPSA) is 52.3 Å². The van der Waals surface area contributed by atoms with Crippen molar-refractivity contribution < 1.29 is 13.9 Å². The molecule has 0 unspecified atom stereocenters. The van der Waals surface area contributed by atoms with Gasteiger partial charge in [-0.05, 0) is 50.7 Å². The van der Waals surface area contributed by atoms with Gasteiger partial charge in [0.05, 0.1) is 12.0 Å². The number of hydrogen-bond acceptors (Lipinski definition) is 3. The second kappa shape index (κ2) is 6.35. The Morgan fingerprint density at radius 2 is 2.05 bits per heavy atom. The van der Waals surface area contributed by atoms with Crippen LogP contribution in [-0.2, 0) is 16.0 Å². The minimum atomic E-state index is -0.617. The fourth-order valence-electron chi connectivity index (χ4n) is 2.94. The molecule has 2 rings (SSSR count). The van der Waals surface area contributed by atoms with Gasteiger partial charge in [-0.2, -0.15) is 0 Å². The Labute approximate surface area is 119 Å². The smallest absolute Gasteiger partial charge is 0.312 e. The van der Waals surface area contributed by atoms with Crippen LogP contribution in [0.3, 0.4) is 0 Å². The lowest BCUT2D eigenvalue weighted by molar-refractivity contribution is -0.157.